The summed E-state index contributed by atoms with van der Waals surface area (Å²) in [6.07, 6.45) is -2.74. The summed E-state index contributed by atoms with van der Waals surface area (Å²) in [5, 5.41) is 20.2. The number of fused-ring (bicyclic) bond motifs is 1. The lowest BCUT2D eigenvalue weighted by molar-refractivity contribution is -0.149. The first kappa shape index (κ1) is 21.9. The molecular weight excluding hydrogens is 406 g/mol. The highest BCUT2D eigenvalue weighted by molar-refractivity contribution is 6.10. The summed E-state index contributed by atoms with van der Waals surface area (Å²) >= 11 is 0. The Balaban J connectivity index is 1.89. The van der Waals surface area contributed by atoms with E-state index in [0.29, 0.717) is 22.2 Å². The SMILES string of the molecule is COC(=O)Nc1nc2cc(C(=O)c3ccccc3)ccc2n1COC(=O)CCC(O)O. The van der Waals surface area contributed by atoms with Crippen LogP contribution in [0, 0.1) is 0 Å². The lowest BCUT2D eigenvalue weighted by atomic mass is 10.0. The summed E-state index contributed by atoms with van der Waals surface area (Å²) in [4.78, 5) is 40.5. The van der Waals surface area contributed by atoms with Crippen molar-refractivity contribution in [2.75, 3.05) is 12.4 Å². The van der Waals surface area contributed by atoms with Crippen LogP contribution in [0.1, 0.15) is 28.8 Å². The van der Waals surface area contributed by atoms with Crippen LogP contribution in [0.4, 0.5) is 10.7 Å². The number of hydrogen-bond acceptors (Lipinski definition) is 8. The Labute approximate surface area is 177 Å². The van der Waals surface area contributed by atoms with Crippen molar-refractivity contribution in [3.05, 3.63) is 59.7 Å². The first-order valence-corrected chi connectivity index (χ1v) is 9.36. The number of aliphatic hydroxyl groups excluding tert-OH is 1. The van der Waals surface area contributed by atoms with Gasteiger partial charge < -0.3 is 19.7 Å². The van der Waals surface area contributed by atoms with E-state index in [2.05, 4.69) is 15.0 Å². The van der Waals surface area contributed by atoms with Crippen molar-refractivity contribution in [2.45, 2.75) is 25.9 Å². The maximum Gasteiger partial charge on any atom is 0.413 e. The topological polar surface area (TPSA) is 140 Å². The number of rotatable bonds is 8. The number of nitrogens with zero attached hydrogens (tertiary/aromatic N) is 2. The molecule has 0 aliphatic rings. The van der Waals surface area contributed by atoms with Crippen LogP contribution in [0.25, 0.3) is 11.0 Å². The molecule has 1 amide bonds. The minimum absolute atomic E-state index is 0.0566. The molecule has 0 bridgehead atoms. The van der Waals surface area contributed by atoms with E-state index < -0.39 is 18.4 Å². The summed E-state index contributed by atoms with van der Waals surface area (Å²) in [7, 11) is 1.19. The van der Waals surface area contributed by atoms with Crippen molar-refractivity contribution >= 4 is 34.8 Å². The lowest BCUT2D eigenvalue weighted by Gasteiger charge is -2.11. The van der Waals surface area contributed by atoms with Gasteiger partial charge in [0.05, 0.1) is 24.6 Å². The lowest BCUT2D eigenvalue weighted by Crippen LogP contribution is -2.18. The standard InChI is InChI=1S/C21H21N3O7/c1-30-21(29)23-20-22-15-11-14(19(28)13-5-3-2-4-6-13)7-8-16(15)24(20)12-31-18(27)10-9-17(25)26/h2-8,11,17,25-26H,9-10,12H2,1H3,(H,22,23,29). The van der Waals surface area contributed by atoms with Gasteiger partial charge in [0.2, 0.25) is 5.95 Å². The number of aromatic nitrogens is 2. The molecule has 1 heterocycles. The first-order chi connectivity index (χ1) is 14.9. The average molecular weight is 427 g/mol. The van der Waals surface area contributed by atoms with Crippen molar-refractivity contribution in [1.29, 1.82) is 0 Å². The smallest absolute Gasteiger partial charge is 0.413 e. The van der Waals surface area contributed by atoms with Crippen molar-refractivity contribution in [3.8, 4) is 0 Å². The molecule has 0 fully saturated rings. The minimum Gasteiger partial charge on any atom is -0.453 e. The molecule has 3 aromatic rings. The second-order valence-electron chi connectivity index (χ2n) is 6.54. The summed E-state index contributed by atoms with van der Waals surface area (Å²) in [5.41, 5.74) is 1.83. The second kappa shape index (κ2) is 9.83. The Hall–Kier alpha value is -3.76. The van der Waals surface area contributed by atoms with E-state index in [4.69, 9.17) is 14.9 Å². The van der Waals surface area contributed by atoms with Gasteiger partial charge in [0.1, 0.15) is 0 Å². The third-order valence-electron chi connectivity index (χ3n) is 4.41. The number of aliphatic hydroxyl groups is 2. The highest BCUT2D eigenvalue weighted by Crippen LogP contribution is 2.23. The Morgan fingerprint density at radius 3 is 2.52 bits per heavy atom. The van der Waals surface area contributed by atoms with Crippen molar-refractivity contribution in [3.63, 3.8) is 0 Å². The van der Waals surface area contributed by atoms with Crippen LogP contribution in [0.2, 0.25) is 0 Å². The summed E-state index contributed by atoms with van der Waals surface area (Å²) in [6.45, 7) is -0.290. The molecule has 0 saturated heterocycles. The highest BCUT2D eigenvalue weighted by Gasteiger charge is 2.18. The van der Waals surface area contributed by atoms with E-state index in [1.807, 2.05) is 6.07 Å². The Morgan fingerprint density at radius 2 is 1.84 bits per heavy atom. The predicted octanol–water partition coefficient (Wildman–Crippen LogP) is 2.04. The van der Waals surface area contributed by atoms with Gasteiger partial charge in [0.25, 0.3) is 0 Å². The molecule has 162 valence electrons. The van der Waals surface area contributed by atoms with Gasteiger partial charge in [0.15, 0.2) is 18.8 Å². The number of amides is 1. The molecule has 2 aromatic carbocycles. The maximum atomic E-state index is 12.7. The van der Waals surface area contributed by atoms with E-state index in [1.54, 1.807) is 42.5 Å². The van der Waals surface area contributed by atoms with E-state index in [9.17, 15) is 14.4 Å². The van der Waals surface area contributed by atoms with Crippen LogP contribution >= 0.6 is 0 Å². The highest BCUT2D eigenvalue weighted by atomic mass is 16.5. The molecule has 0 saturated carbocycles. The molecule has 0 unspecified atom stereocenters. The molecule has 0 spiro atoms. The Morgan fingerprint density at radius 1 is 1.10 bits per heavy atom. The number of methoxy groups -OCH3 is 1. The number of nitrogens with one attached hydrogen (secondary N) is 1. The predicted molar refractivity (Wildman–Crippen MR) is 109 cm³/mol. The van der Waals surface area contributed by atoms with Gasteiger partial charge in [-0.15, -0.1) is 0 Å². The molecule has 3 N–H and O–H groups in total. The van der Waals surface area contributed by atoms with Gasteiger partial charge in [-0.3, -0.25) is 19.5 Å². The summed E-state index contributed by atoms with van der Waals surface area (Å²) in [5.74, 6) is -0.787. The molecule has 10 nitrogen and oxygen atoms in total. The van der Waals surface area contributed by atoms with Gasteiger partial charge in [-0.25, -0.2) is 9.78 Å². The fourth-order valence-electron chi connectivity index (χ4n) is 2.85. The van der Waals surface area contributed by atoms with Crippen molar-refractivity contribution in [1.82, 2.24) is 9.55 Å². The monoisotopic (exact) mass is 427 g/mol. The van der Waals surface area contributed by atoms with Crippen molar-refractivity contribution in [2.24, 2.45) is 0 Å². The zero-order valence-electron chi connectivity index (χ0n) is 16.6. The third kappa shape index (κ3) is 5.44. The molecule has 1 aromatic heterocycles. The minimum atomic E-state index is -1.61. The van der Waals surface area contributed by atoms with Crippen LogP contribution in [-0.2, 0) is 21.0 Å². The number of anilines is 1. The Bertz CT molecular complexity index is 1090. The molecular formula is C21H21N3O7. The fraction of sp³-hybridized carbons (Fsp3) is 0.238. The molecule has 0 atom stereocenters. The number of esters is 1. The van der Waals surface area contributed by atoms with Gasteiger partial charge in [-0.1, -0.05) is 30.3 Å². The quantitative estimate of drug-likeness (QED) is 0.282. The molecule has 0 radical (unpaired) electrons. The summed E-state index contributed by atoms with van der Waals surface area (Å²) in [6, 6.07) is 13.6. The van der Waals surface area contributed by atoms with Crippen LogP contribution in [0.15, 0.2) is 48.5 Å². The molecule has 3 rings (SSSR count). The fourth-order valence-corrected chi connectivity index (χ4v) is 2.85. The third-order valence-corrected chi connectivity index (χ3v) is 4.41. The van der Waals surface area contributed by atoms with Gasteiger partial charge in [-0.2, -0.15) is 0 Å². The zero-order valence-corrected chi connectivity index (χ0v) is 16.6. The van der Waals surface area contributed by atoms with Crippen LogP contribution in [0.5, 0.6) is 0 Å². The van der Waals surface area contributed by atoms with E-state index in [1.165, 1.54) is 11.7 Å². The van der Waals surface area contributed by atoms with Crippen LogP contribution in [0.3, 0.4) is 0 Å². The largest absolute Gasteiger partial charge is 0.453 e. The van der Waals surface area contributed by atoms with Gasteiger partial charge in [-0.05, 0) is 18.2 Å². The summed E-state index contributed by atoms with van der Waals surface area (Å²) < 4.78 is 11.2. The Kier molecular flexibility index (Phi) is 6.96. The number of ketones is 1. The maximum absolute atomic E-state index is 12.7. The number of benzene rings is 2. The average Bonchev–Trinajstić information content (AvgIpc) is 3.12. The number of carbonyl (C=O) groups excluding carboxylic acids is 3. The molecule has 10 heteroatoms. The molecule has 31 heavy (non-hydrogen) atoms. The van der Waals surface area contributed by atoms with Crippen LogP contribution < -0.4 is 5.32 Å². The van der Waals surface area contributed by atoms with Crippen LogP contribution in [-0.4, -0.2) is 51.0 Å². The van der Waals surface area contributed by atoms with Gasteiger partial charge >= 0.3 is 12.1 Å². The zero-order chi connectivity index (χ0) is 22.4. The molecule has 0 aliphatic carbocycles. The number of imidazole rings is 1. The number of carbonyl (C=O) groups is 3. The second-order valence-corrected chi connectivity index (χ2v) is 6.54. The van der Waals surface area contributed by atoms with E-state index in [0.717, 1.165) is 0 Å². The number of ether oxygens (including phenoxy) is 2. The first-order valence-electron chi connectivity index (χ1n) is 9.36. The van der Waals surface area contributed by atoms with Gasteiger partial charge in [0, 0.05) is 17.5 Å². The normalized spacial score (nSPS) is 10.8. The molecule has 0 aliphatic heterocycles. The van der Waals surface area contributed by atoms with E-state index in [-0.39, 0.29) is 31.3 Å². The van der Waals surface area contributed by atoms with Crippen molar-refractivity contribution < 1.29 is 34.1 Å². The number of hydrogen-bond donors (Lipinski definition) is 3. The van der Waals surface area contributed by atoms with E-state index >= 15 is 0 Å².